The summed E-state index contributed by atoms with van der Waals surface area (Å²) in [5, 5.41) is 3.21. The molecule has 2 aliphatic rings. The van der Waals surface area contributed by atoms with Crippen LogP contribution in [-0.4, -0.2) is 45.2 Å². The second kappa shape index (κ2) is 9.01. The molecule has 26 heavy (non-hydrogen) atoms. The number of carbonyl (C=O) groups excluding carboxylic acids is 1. The van der Waals surface area contributed by atoms with E-state index in [9.17, 15) is 4.79 Å². The summed E-state index contributed by atoms with van der Waals surface area (Å²) in [6.07, 6.45) is 6.30. The van der Waals surface area contributed by atoms with E-state index in [1.165, 1.54) is 36.1 Å². The van der Waals surface area contributed by atoms with Gasteiger partial charge in [0.25, 0.3) is 5.91 Å². The molecule has 1 aliphatic heterocycles. The number of carbonyl (C=O) groups is 1. The fourth-order valence-electron chi connectivity index (χ4n) is 4.60. The highest BCUT2D eigenvalue weighted by Crippen LogP contribution is 2.34. The van der Waals surface area contributed by atoms with Crippen LogP contribution in [0.3, 0.4) is 0 Å². The number of amides is 1. The Morgan fingerprint density at radius 1 is 1.08 bits per heavy atom. The molecule has 3 N–H and O–H groups in total. The van der Waals surface area contributed by atoms with Gasteiger partial charge in [-0.3, -0.25) is 4.79 Å². The van der Waals surface area contributed by atoms with Gasteiger partial charge in [-0.1, -0.05) is 38.8 Å². The van der Waals surface area contributed by atoms with Gasteiger partial charge < -0.3 is 15.1 Å². The number of likely N-dealkylation sites (N-methyl/N-ethyl adjacent to an activating group) is 1. The van der Waals surface area contributed by atoms with Crippen molar-refractivity contribution in [3.8, 4) is 0 Å². The summed E-state index contributed by atoms with van der Waals surface area (Å²) in [4.78, 5) is 16.1. The first-order valence-electron chi connectivity index (χ1n) is 10.6. The molecule has 144 valence electrons. The Morgan fingerprint density at radius 3 is 2.27 bits per heavy atom. The van der Waals surface area contributed by atoms with Gasteiger partial charge in [0.15, 0.2) is 6.04 Å². The van der Waals surface area contributed by atoms with Crippen LogP contribution in [0.4, 0.5) is 5.69 Å². The highest BCUT2D eigenvalue weighted by molar-refractivity contribution is 5.93. The number of nitrogens with one attached hydrogen (secondary N) is 3. The van der Waals surface area contributed by atoms with Crippen molar-refractivity contribution in [3.05, 3.63) is 29.8 Å². The molecule has 0 unspecified atom stereocenters. The quantitative estimate of drug-likeness (QED) is 0.699. The lowest BCUT2D eigenvalue weighted by Crippen LogP contribution is -3.29. The molecule has 0 radical (unpaired) electrons. The molecule has 1 saturated carbocycles. The molecule has 1 saturated heterocycles. The van der Waals surface area contributed by atoms with Crippen LogP contribution in [-0.2, 0) is 4.79 Å². The molecule has 0 bridgehead atoms. The Bertz CT molecular complexity index is 570. The summed E-state index contributed by atoms with van der Waals surface area (Å²) in [5.74, 6) is 1.46. The minimum absolute atomic E-state index is 0.0672. The molecule has 1 amide bonds. The van der Waals surface area contributed by atoms with Crippen LogP contribution < -0.4 is 15.1 Å². The summed E-state index contributed by atoms with van der Waals surface area (Å²) >= 11 is 0. The second-order valence-electron chi connectivity index (χ2n) is 8.89. The monoisotopic (exact) mass is 359 g/mol. The van der Waals surface area contributed by atoms with E-state index >= 15 is 0 Å². The molecule has 1 heterocycles. The Kier molecular flexibility index (Phi) is 6.71. The van der Waals surface area contributed by atoms with E-state index in [-0.39, 0.29) is 11.9 Å². The minimum Gasteiger partial charge on any atom is -0.328 e. The maximum Gasteiger partial charge on any atom is 0.282 e. The minimum atomic E-state index is 0.0672. The van der Waals surface area contributed by atoms with Gasteiger partial charge in [-0.25, -0.2) is 0 Å². The van der Waals surface area contributed by atoms with Crippen molar-refractivity contribution < 1.29 is 14.6 Å². The molecule has 0 aromatic heterocycles. The van der Waals surface area contributed by atoms with Gasteiger partial charge in [-0.2, -0.15) is 0 Å². The molecule has 1 aromatic carbocycles. The van der Waals surface area contributed by atoms with Gasteiger partial charge in [0.1, 0.15) is 26.2 Å². The molecular formula is C22H37N3O+2. The number of anilines is 1. The van der Waals surface area contributed by atoms with Crippen molar-refractivity contribution in [2.75, 3.05) is 38.5 Å². The number of hydrogen-bond donors (Lipinski definition) is 3. The van der Waals surface area contributed by atoms with Crippen LogP contribution in [0.15, 0.2) is 24.3 Å². The number of piperazine rings is 1. The fourth-order valence-corrected chi connectivity index (χ4v) is 4.60. The Morgan fingerprint density at radius 2 is 1.69 bits per heavy atom. The molecule has 2 fully saturated rings. The number of hydrogen-bond acceptors (Lipinski definition) is 1. The number of rotatable bonds is 6. The van der Waals surface area contributed by atoms with Gasteiger partial charge in [0.2, 0.25) is 0 Å². The van der Waals surface area contributed by atoms with Crippen LogP contribution in [0.1, 0.15) is 57.4 Å². The first-order chi connectivity index (χ1) is 12.5. The maximum absolute atomic E-state index is 13.0. The van der Waals surface area contributed by atoms with E-state index in [1.807, 2.05) is 0 Å². The van der Waals surface area contributed by atoms with E-state index in [4.69, 9.17) is 0 Å². The summed E-state index contributed by atoms with van der Waals surface area (Å²) in [6, 6.07) is 8.70. The topological polar surface area (TPSA) is 38.0 Å². The molecule has 1 aliphatic carbocycles. The predicted molar refractivity (Wildman–Crippen MR) is 107 cm³/mol. The molecular weight excluding hydrogens is 322 g/mol. The van der Waals surface area contributed by atoms with Crippen molar-refractivity contribution >= 4 is 11.6 Å². The first kappa shape index (κ1) is 19.4. The zero-order valence-corrected chi connectivity index (χ0v) is 16.8. The van der Waals surface area contributed by atoms with Crippen LogP contribution >= 0.6 is 0 Å². The average Bonchev–Trinajstić information content (AvgIpc) is 3.15. The van der Waals surface area contributed by atoms with Crippen molar-refractivity contribution in [3.63, 3.8) is 0 Å². The van der Waals surface area contributed by atoms with Crippen LogP contribution in [0.25, 0.3) is 0 Å². The van der Waals surface area contributed by atoms with Gasteiger partial charge in [-0.05, 0) is 42.4 Å². The first-order valence-corrected chi connectivity index (χ1v) is 10.6. The maximum atomic E-state index is 13.0. The van der Waals surface area contributed by atoms with E-state index in [0.29, 0.717) is 5.92 Å². The van der Waals surface area contributed by atoms with Gasteiger partial charge in [-0.15, -0.1) is 0 Å². The summed E-state index contributed by atoms with van der Waals surface area (Å²) < 4.78 is 0. The zero-order valence-electron chi connectivity index (χ0n) is 16.8. The number of benzene rings is 1. The normalized spacial score (nSPS) is 25.4. The van der Waals surface area contributed by atoms with Gasteiger partial charge in [0, 0.05) is 12.1 Å². The summed E-state index contributed by atoms with van der Waals surface area (Å²) in [7, 11) is 2.25. The van der Waals surface area contributed by atoms with Crippen molar-refractivity contribution in [1.29, 1.82) is 0 Å². The Hall–Kier alpha value is -1.39. The third-order valence-electron chi connectivity index (χ3n) is 6.27. The highest BCUT2D eigenvalue weighted by Gasteiger charge is 2.33. The SMILES string of the molecule is CC(C)C[C@@H](C(=O)Nc1ccc(C2CCCC2)cc1)[NH+]1CC[NH+](C)CC1. The van der Waals surface area contributed by atoms with Crippen molar-refractivity contribution in [2.24, 2.45) is 5.92 Å². The molecule has 3 rings (SSSR count). The lowest BCUT2D eigenvalue weighted by atomic mass is 9.97. The zero-order chi connectivity index (χ0) is 18.5. The molecule has 1 aromatic rings. The third-order valence-corrected chi connectivity index (χ3v) is 6.27. The van der Waals surface area contributed by atoms with E-state index in [2.05, 4.69) is 50.5 Å². The van der Waals surface area contributed by atoms with Gasteiger partial charge in [0.05, 0.1) is 7.05 Å². The van der Waals surface area contributed by atoms with Crippen molar-refractivity contribution in [1.82, 2.24) is 0 Å². The molecule has 4 nitrogen and oxygen atoms in total. The van der Waals surface area contributed by atoms with Crippen molar-refractivity contribution in [2.45, 2.75) is 57.9 Å². The van der Waals surface area contributed by atoms with Crippen LogP contribution in [0.2, 0.25) is 0 Å². The standard InChI is InChI=1S/C22H35N3O/c1-17(2)16-21(25-14-12-24(3)13-15-25)22(26)23-20-10-8-19(9-11-20)18-6-4-5-7-18/h8-11,17-18,21H,4-7,12-16H2,1-3H3,(H,23,26)/p+2/t21-/m0/s1. The van der Waals surface area contributed by atoms with Gasteiger partial charge >= 0.3 is 0 Å². The van der Waals surface area contributed by atoms with Crippen LogP contribution in [0, 0.1) is 5.92 Å². The third kappa shape index (κ3) is 5.08. The van der Waals surface area contributed by atoms with E-state index < -0.39 is 0 Å². The van der Waals surface area contributed by atoms with E-state index in [0.717, 1.165) is 44.2 Å². The predicted octanol–water partition coefficient (Wildman–Crippen LogP) is 1.11. The Balaban J connectivity index is 1.62. The highest BCUT2D eigenvalue weighted by atomic mass is 16.2. The molecule has 4 heteroatoms. The fraction of sp³-hybridized carbons (Fsp3) is 0.682. The smallest absolute Gasteiger partial charge is 0.282 e. The Labute approximate surface area is 158 Å². The summed E-state index contributed by atoms with van der Waals surface area (Å²) in [5.41, 5.74) is 2.39. The lowest BCUT2D eigenvalue weighted by Gasteiger charge is -2.33. The average molecular weight is 360 g/mol. The van der Waals surface area contributed by atoms with Crippen LogP contribution in [0.5, 0.6) is 0 Å². The lowest BCUT2D eigenvalue weighted by molar-refractivity contribution is -1.01. The molecule has 1 atom stereocenters. The number of quaternary nitrogens is 2. The largest absolute Gasteiger partial charge is 0.328 e. The second-order valence-corrected chi connectivity index (χ2v) is 8.89. The summed E-state index contributed by atoms with van der Waals surface area (Å²) in [6.45, 7) is 8.95. The van der Waals surface area contributed by atoms with E-state index in [1.54, 1.807) is 4.90 Å². The molecule has 0 spiro atoms.